The Hall–Kier alpha value is -2.22. The van der Waals surface area contributed by atoms with E-state index in [1.165, 1.54) is 16.8 Å². The maximum absolute atomic E-state index is 9.58. The van der Waals surface area contributed by atoms with E-state index in [4.69, 9.17) is 0 Å². The molecule has 3 rings (SSSR count). The molecule has 0 saturated heterocycles. The van der Waals surface area contributed by atoms with E-state index in [0.717, 1.165) is 18.4 Å². The van der Waals surface area contributed by atoms with Crippen molar-refractivity contribution in [1.82, 2.24) is 4.57 Å². The molecule has 0 radical (unpaired) electrons. The van der Waals surface area contributed by atoms with Crippen molar-refractivity contribution in [3.8, 4) is 5.75 Å². The Bertz CT molecular complexity index is 698. The molecule has 0 unspecified atom stereocenters. The van der Waals surface area contributed by atoms with Gasteiger partial charge in [-0.3, -0.25) is 0 Å². The summed E-state index contributed by atoms with van der Waals surface area (Å²) in [4.78, 5) is 0. The lowest BCUT2D eigenvalue weighted by Crippen LogP contribution is -2.03. The highest BCUT2D eigenvalue weighted by Gasteiger charge is 2.08. The van der Waals surface area contributed by atoms with Gasteiger partial charge in [0.15, 0.2) is 0 Å². The quantitative estimate of drug-likeness (QED) is 0.749. The van der Waals surface area contributed by atoms with Crippen molar-refractivity contribution in [1.29, 1.82) is 0 Å². The molecule has 2 heteroatoms. The summed E-state index contributed by atoms with van der Waals surface area (Å²) in [6.07, 6.45) is 0.988. The Morgan fingerprint density at radius 2 is 1.79 bits per heavy atom. The van der Waals surface area contributed by atoms with Crippen LogP contribution in [-0.4, -0.2) is 9.67 Å². The highest BCUT2D eigenvalue weighted by atomic mass is 16.3. The van der Waals surface area contributed by atoms with Gasteiger partial charge in [0, 0.05) is 23.1 Å². The van der Waals surface area contributed by atoms with Crippen molar-refractivity contribution < 1.29 is 5.11 Å². The fourth-order valence-corrected chi connectivity index (χ4v) is 2.56. The van der Waals surface area contributed by atoms with Crippen LogP contribution in [0.25, 0.3) is 10.9 Å². The highest BCUT2D eigenvalue weighted by Crippen LogP contribution is 2.25. The Morgan fingerprint density at radius 3 is 2.53 bits per heavy atom. The van der Waals surface area contributed by atoms with Crippen molar-refractivity contribution in [3.05, 3.63) is 65.9 Å². The lowest BCUT2D eigenvalue weighted by Gasteiger charge is -2.10. The molecule has 3 aromatic rings. The van der Waals surface area contributed by atoms with E-state index in [-0.39, 0.29) is 0 Å². The van der Waals surface area contributed by atoms with E-state index in [9.17, 15) is 5.11 Å². The lowest BCUT2D eigenvalue weighted by atomic mass is 10.2. The molecule has 1 N–H and O–H groups in total. The lowest BCUT2D eigenvalue weighted by molar-refractivity contribution is 0.476. The van der Waals surface area contributed by atoms with Crippen LogP contribution in [-0.2, 0) is 13.0 Å². The third-order valence-corrected chi connectivity index (χ3v) is 3.52. The molecule has 0 atom stereocenters. The highest BCUT2D eigenvalue weighted by molar-refractivity contribution is 5.83. The molecular formula is C17H17NO. The first-order valence-electron chi connectivity index (χ1n) is 6.63. The van der Waals surface area contributed by atoms with Crippen LogP contribution in [0, 0.1) is 0 Å². The Kier molecular flexibility index (Phi) is 3.00. The van der Waals surface area contributed by atoms with Crippen LogP contribution in [0.15, 0.2) is 54.6 Å². The minimum Gasteiger partial charge on any atom is -0.508 e. The maximum atomic E-state index is 9.58. The summed E-state index contributed by atoms with van der Waals surface area (Å²) in [7, 11) is 0. The van der Waals surface area contributed by atoms with E-state index < -0.39 is 0 Å². The van der Waals surface area contributed by atoms with Crippen LogP contribution in [0.5, 0.6) is 5.75 Å². The number of nitrogens with zero attached hydrogens (tertiary/aromatic N) is 1. The molecule has 1 aromatic heterocycles. The fourth-order valence-electron chi connectivity index (χ4n) is 2.56. The van der Waals surface area contributed by atoms with Gasteiger partial charge in [0.2, 0.25) is 0 Å². The molecule has 96 valence electrons. The minimum absolute atomic E-state index is 0.326. The summed E-state index contributed by atoms with van der Waals surface area (Å²) in [5, 5.41) is 10.7. The molecule has 0 aliphatic carbocycles. The average Bonchev–Trinajstić information content (AvgIpc) is 2.77. The van der Waals surface area contributed by atoms with Crippen molar-refractivity contribution >= 4 is 10.9 Å². The fraction of sp³-hybridized carbons (Fsp3) is 0.176. The third kappa shape index (κ3) is 2.22. The summed E-state index contributed by atoms with van der Waals surface area (Å²) in [5.41, 5.74) is 3.77. The molecule has 2 nitrogen and oxygen atoms in total. The zero-order valence-corrected chi connectivity index (χ0v) is 11.0. The van der Waals surface area contributed by atoms with Gasteiger partial charge in [-0.15, -0.1) is 0 Å². The van der Waals surface area contributed by atoms with E-state index >= 15 is 0 Å². The van der Waals surface area contributed by atoms with Crippen LogP contribution < -0.4 is 0 Å². The summed E-state index contributed by atoms with van der Waals surface area (Å²) < 4.78 is 2.32. The van der Waals surface area contributed by atoms with Crippen molar-refractivity contribution in [2.45, 2.75) is 19.9 Å². The van der Waals surface area contributed by atoms with Crippen molar-refractivity contribution in [2.75, 3.05) is 0 Å². The van der Waals surface area contributed by atoms with Gasteiger partial charge in [-0.05, 0) is 36.2 Å². The van der Waals surface area contributed by atoms with E-state index in [0.29, 0.717) is 5.75 Å². The second-order valence-corrected chi connectivity index (χ2v) is 4.80. The van der Waals surface area contributed by atoms with Gasteiger partial charge in [0.1, 0.15) is 5.75 Å². The molecule has 0 bridgehead atoms. The number of hydrogen-bond acceptors (Lipinski definition) is 1. The van der Waals surface area contributed by atoms with Gasteiger partial charge in [-0.25, -0.2) is 0 Å². The van der Waals surface area contributed by atoms with Gasteiger partial charge >= 0.3 is 0 Å². The van der Waals surface area contributed by atoms with E-state index in [2.05, 4.69) is 41.8 Å². The topological polar surface area (TPSA) is 25.2 Å². The van der Waals surface area contributed by atoms with Crippen LogP contribution in [0.1, 0.15) is 18.2 Å². The van der Waals surface area contributed by atoms with Crippen LogP contribution in [0.3, 0.4) is 0 Å². The van der Waals surface area contributed by atoms with Crippen molar-refractivity contribution in [2.24, 2.45) is 0 Å². The van der Waals surface area contributed by atoms with Gasteiger partial charge in [-0.1, -0.05) is 37.3 Å². The molecule has 0 spiro atoms. The van der Waals surface area contributed by atoms with E-state index in [1.54, 1.807) is 6.07 Å². The van der Waals surface area contributed by atoms with Crippen LogP contribution in [0.4, 0.5) is 0 Å². The molecule has 1 heterocycles. The number of phenols is 1. The van der Waals surface area contributed by atoms with E-state index in [1.807, 2.05) is 18.2 Å². The Labute approximate surface area is 112 Å². The summed E-state index contributed by atoms with van der Waals surface area (Å²) in [6.45, 7) is 3.04. The summed E-state index contributed by atoms with van der Waals surface area (Å²) >= 11 is 0. The summed E-state index contributed by atoms with van der Waals surface area (Å²) in [6, 6.07) is 18.2. The third-order valence-electron chi connectivity index (χ3n) is 3.52. The molecule has 0 aliphatic rings. The molecule has 0 amide bonds. The average molecular weight is 251 g/mol. The first-order valence-corrected chi connectivity index (χ1v) is 6.63. The summed E-state index contributed by atoms with van der Waals surface area (Å²) in [5.74, 6) is 0.326. The first kappa shape index (κ1) is 11.8. The minimum atomic E-state index is 0.326. The number of benzene rings is 2. The maximum Gasteiger partial charge on any atom is 0.116 e. The smallest absolute Gasteiger partial charge is 0.116 e. The second kappa shape index (κ2) is 4.81. The predicted octanol–water partition coefficient (Wildman–Crippen LogP) is 3.96. The number of aryl methyl sites for hydroxylation is 1. The molecular weight excluding hydrogens is 234 g/mol. The number of fused-ring (bicyclic) bond motifs is 1. The number of aromatic nitrogens is 1. The number of rotatable bonds is 3. The van der Waals surface area contributed by atoms with Gasteiger partial charge in [0.05, 0.1) is 0 Å². The van der Waals surface area contributed by atoms with Crippen LogP contribution in [0.2, 0.25) is 0 Å². The zero-order valence-electron chi connectivity index (χ0n) is 11.0. The standard InChI is InChI=1S/C17H17NO/c1-2-15-10-14-11-16(19)8-9-17(14)18(15)12-13-6-4-3-5-7-13/h3-11,19H,2,12H2,1H3. The molecule has 0 aliphatic heterocycles. The monoisotopic (exact) mass is 251 g/mol. The Balaban J connectivity index is 2.11. The second-order valence-electron chi connectivity index (χ2n) is 4.80. The number of phenolic OH excluding ortho intramolecular Hbond substituents is 1. The molecule has 0 fully saturated rings. The molecule has 19 heavy (non-hydrogen) atoms. The zero-order chi connectivity index (χ0) is 13.2. The normalized spacial score (nSPS) is 11.0. The first-order chi connectivity index (χ1) is 9.28. The SMILES string of the molecule is CCc1cc2cc(O)ccc2n1Cc1ccccc1. The number of hydrogen-bond donors (Lipinski definition) is 1. The van der Waals surface area contributed by atoms with Crippen molar-refractivity contribution in [3.63, 3.8) is 0 Å². The largest absolute Gasteiger partial charge is 0.508 e. The van der Waals surface area contributed by atoms with Crippen LogP contribution >= 0.6 is 0 Å². The molecule has 0 saturated carbocycles. The Morgan fingerprint density at radius 1 is 1.00 bits per heavy atom. The number of aromatic hydroxyl groups is 1. The van der Waals surface area contributed by atoms with Gasteiger partial charge in [-0.2, -0.15) is 0 Å². The molecule has 2 aromatic carbocycles. The van der Waals surface area contributed by atoms with Gasteiger partial charge in [0.25, 0.3) is 0 Å². The van der Waals surface area contributed by atoms with Gasteiger partial charge < -0.3 is 9.67 Å². The predicted molar refractivity (Wildman–Crippen MR) is 78.5 cm³/mol.